The summed E-state index contributed by atoms with van der Waals surface area (Å²) >= 11 is 0. The van der Waals surface area contributed by atoms with E-state index in [4.69, 9.17) is 14.2 Å². The van der Waals surface area contributed by atoms with E-state index in [-0.39, 0.29) is 32.0 Å². The largest absolute Gasteiger partial charge is 0.462 e. The average molecular weight is 1080 g/mol. The Morgan fingerprint density at radius 3 is 0.885 bits per heavy atom. The first-order chi connectivity index (χ1) is 38.5. The molecule has 0 radical (unpaired) electrons. The fourth-order valence-electron chi connectivity index (χ4n) is 8.97. The molecule has 444 valence electrons. The van der Waals surface area contributed by atoms with Gasteiger partial charge in [-0.3, -0.25) is 14.4 Å². The maximum absolute atomic E-state index is 12.9. The lowest BCUT2D eigenvalue weighted by atomic mass is 10.0. The Kier molecular flexibility index (Phi) is 61.8. The van der Waals surface area contributed by atoms with Crippen molar-refractivity contribution in [2.75, 3.05) is 13.2 Å². The third-order valence-electron chi connectivity index (χ3n) is 13.7. The summed E-state index contributed by atoms with van der Waals surface area (Å²) in [6.07, 6.45) is 91.2. The van der Waals surface area contributed by atoms with Gasteiger partial charge in [0.25, 0.3) is 0 Å². The van der Waals surface area contributed by atoms with Crippen LogP contribution >= 0.6 is 0 Å². The summed E-state index contributed by atoms with van der Waals surface area (Å²) in [6.45, 7) is 6.30. The number of unbranched alkanes of at least 4 members (excludes halogenated alkanes) is 28. The summed E-state index contributed by atoms with van der Waals surface area (Å²) < 4.78 is 16.7. The highest BCUT2D eigenvalue weighted by atomic mass is 16.6. The van der Waals surface area contributed by atoms with Crippen molar-refractivity contribution in [1.82, 2.24) is 0 Å². The summed E-state index contributed by atoms with van der Waals surface area (Å²) in [7, 11) is 0. The van der Waals surface area contributed by atoms with E-state index in [2.05, 4.69) is 130 Å². The quantitative estimate of drug-likeness (QED) is 0.0261. The van der Waals surface area contributed by atoms with Crippen LogP contribution in [0.5, 0.6) is 0 Å². The SMILES string of the molecule is CC/C=C\C/C=C\C/C=C\C/C=C\C/C=C\CCCC(=O)OC(COC(=O)C/C=C\C/C=C\C/C=C\C/C=C\C/C=C\CC)COC(=O)CCCCCCCCCCCCCCCCCCCCCCCCCCCCCC. The van der Waals surface area contributed by atoms with Crippen molar-refractivity contribution in [3.63, 3.8) is 0 Å². The van der Waals surface area contributed by atoms with Gasteiger partial charge < -0.3 is 14.2 Å². The maximum Gasteiger partial charge on any atom is 0.309 e. The standard InChI is InChI=1S/C72H120O6/c1-4-7-10-13-16-19-22-25-28-30-31-32-33-34-35-36-37-38-39-40-42-44-47-50-53-56-59-62-65-71(74)77-68-69(67-76-70(73)64-61-58-55-52-49-46-43-27-24-21-18-15-12-9-6-3)78-72(75)66-63-60-57-54-51-48-45-41-29-26-23-20-17-14-11-8-5-2/h8-9,11-12,17-18,20-21,26-27,29,43,45,48-49,52,54,57-58,61,69H,4-7,10,13-16,19,22-25,28,30-42,44,46-47,50-51,53,55-56,59-60,62-68H2,1-3H3/b11-8-,12-9-,20-17-,21-18-,29-26-,43-27-,48-45-,52-49-,57-54-,61-58-. The van der Waals surface area contributed by atoms with E-state index in [0.29, 0.717) is 12.8 Å². The lowest BCUT2D eigenvalue weighted by Crippen LogP contribution is -2.30. The average Bonchev–Trinajstić information content (AvgIpc) is 3.44. The maximum atomic E-state index is 12.9. The molecule has 0 saturated heterocycles. The van der Waals surface area contributed by atoms with Gasteiger partial charge in [0.1, 0.15) is 13.2 Å². The van der Waals surface area contributed by atoms with Crippen molar-refractivity contribution in [3.05, 3.63) is 122 Å². The summed E-state index contributed by atoms with van der Waals surface area (Å²) in [4.78, 5) is 38.2. The predicted molar refractivity (Wildman–Crippen MR) is 339 cm³/mol. The Hall–Kier alpha value is -4.19. The molecule has 0 saturated carbocycles. The molecule has 0 aromatic carbocycles. The molecule has 0 rings (SSSR count). The molecular weight excluding hydrogens is 961 g/mol. The number of hydrogen-bond donors (Lipinski definition) is 0. The van der Waals surface area contributed by atoms with E-state index in [1.54, 1.807) is 6.08 Å². The van der Waals surface area contributed by atoms with Gasteiger partial charge in [0.05, 0.1) is 6.42 Å². The third kappa shape index (κ3) is 62.7. The van der Waals surface area contributed by atoms with E-state index in [9.17, 15) is 14.4 Å². The van der Waals surface area contributed by atoms with Gasteiger partial charge in [-0.1, -0.05) is 316 Å². The second-order valence-corrected chi connectivity index (χ2v) is 21.3. The van der Waals surface area contributed by atoms with Crippen molar-refractivity contribution >= 4 is 17.9 Å². The van der Waals surface area contributed by atoms with Crippen molar-refractivity contribution in [2.45, 2.75) is 303 Å². The molecule has 0 bridgehead atoms. The van der Waals surface area contributed by atoms with E-state index in [1.165, 1.54) is 161 Å². The molecule has 0 spiro atoms. The Bertz CT molecular complexity index is 1620. The number of rotatable bonds is 58. The van der Waals surface area contributed by atoms with E-state index in [1.807, 2.05) is 6.08 Å². The van der Waals surface area contributed by atoms with Crippen LogP contribution in [0, 0.1) is 0 Å². The lowest BCUT2D eigenvalue weighted by molar-refractivity contribution is -0.166. The van der Waals surface area contributed by atoms with E-state index < -0.39 is 18.0 Å². The normalized spacial score (nSPS) is 12.9. The molecular formula is C72H120O6. The minimum atomic E-state index is -0.851. The second kappa shape index (κ2) is 65.3. The van der Waals surface area contributed by atoms with Gasteiger partial charge >= 0.3 is 17.9 Å². The minimum absolute atomic E-state index is 0.112. The van der Waals surface area contributed by atoms with Crippen molar-refractivity contribution in [3.8, 4) is 0 Å². The Labute approximate surface area is 482 Å². The number of allylic oxidation sites excluding steroid dienone is 19. The van der Waals surface area contributed by atoms with Gasteiger partial charge in [-0.2, -0.15) is 0 Å². The number of ether oxygens (including phenoxy) is 3. The second-order valence-electron chi connectivity index (χ2n) is 21.3. The highest BCUT2D eigenvalue weighted by Gasteiger charge is 2.19. The molecule has 0 aliphatic rings. The van der Waals surface area contributed by atoms with E-state index in [0.717, 1.165) is 89.9 Å². The van der Waals surface area contributed by atoms with Crippen molar-refractivity contribution < 1.29 is 28.6 Å². The van der Waals surface area contributed by atoms with Gasteiger partial charge in [0.15, 0.2) is 6.10 Å². The monoisotopic (exact) mass is 1080 g/mol. The molecule has 0 aliphatic heterocycles. The molecule has 0 amide bonds. The Balaban J connectivity index is 4.37. The first-order valence-electron chi connectivity index (χ1n) is 32.5. The van der Waals surface area contributed by atoms with E-state index >= 15 is 0 Å². The lowest BCUT2D eigenvalue weighted by Gasteiger charge is -2.18. The highest BCUT2D eigenvalue weighted by molar-refractivity contribution is 5.72. The predicted octanol–water partition coefficient (Wildman–Crippen LogP) is 22.4. The van der Waals surface area contributed by atoms with Crippen LogP contribution in [0.15, 0.2) is 122 Å². The first kappa shape index (κ1) is 73.8. The highest BCUT2D eigenvalue weighted by Crippen LogP contribution is 2.17. The van der Waals surface area contributed by atoms with Gasteiger partial charge in [-0.05, 0) is 83.5 Å². The van der Waals surface area contributed by atoms with Gasteiger partial charge in [0.2, 0.25) is 0 Å². The zero-order chi connectivity index (χ0) is 56.4. The van der Waals surface area contributed by atoms with Crippen LogP contribution in [0.2, 0.25) is 0 Å². The van der Waals surface area contributed by atoms with Crippen molar-refractivity contribution in [1.29, 1.82) is 0 Å². The number of carbonyl (C=O) groups is 3. The third-order valence-corrected chi connectivity index (χ3v) is 13.7. The topological polar surface area (TPSA) is 78.9 Å². The van der Waals surface area contributed by atoms with Gasteiger partial charge in [-0.25, -0.2) is 0 Å². The molecule has 0 N–H and O–H groups in total. The molecule has 0 aromatic rings. The van der Waals surface area contributed by atoms with Crippen LogP contribution < -0.4 is 0 Å². The first-order valence-corrected chi connectivity index (χ1v) is 32.5. The summed E-state index contributed by atoms with van der Waals surface area (Å²) in [5, 5.41) is 0. The van der Waals surface area contributed by atoms with Crippen LogP contribution in [0.3, 0.4) is 0 Å². The Morgan fingerprint density at radius 1 is 0.282 bits per heavy atom. The molecule has 1 unspecified atom stereocenters. The van der Waals surface area contributed by atoms with Crippen LogP contribution in [0.25, 0.3) is 0 Å². The van der Waals surface area contributed by atoms with Gasteiger partial charge in [0, 0.05) is 12.8 Å². The van der Waals surface area contributed by atoms with Crippen LogP contribution in [-0.4, -0.2) is 37.2 Å². The summed E-state index contributed by atoms with van der Waals surface area (Å²) in [5.41, 5.74) is 0. The molecule has 6 nitrogen and oxygen atoms in total. The number of hydrogen-bond acceptors (Lipinski definition) is 6. The zero-order valence-electron chi connectivity index (χ0n) is 50.9. The molecule has 6 heteroatoms. The van der Waals surface area contributed by atoms with Crippen LogP contribution in [-0.2, 0) is 28.6 Å². The molecule has 0 heterocycles. The summed E-state index contributed by atoms with van der Waals surface area (Å²) in [5.74, 6) is -1.12. The smallest absolute Gasteiger partial charge is 0.309 e. The fraction of sp³-hybridized carbons (Fsp3) is 0.681. The molecule has 1 atom stereocenters. The molecule has 0 aromatic heterocycles. The van der Waals surface area contributed by atoms with Gasteiger partial charge in [-0.15, -0.1) is 0 Å². The van der Waals surface area contributed by atoms with Crippen LogP contribution in [0.1, 0.15) is 297 Å². The summed E-state index contributed by atoms with van der Waals surface area (Å²) in [6, 6.07) is 0. The van der Waals surface area contributed by atoms with Crippen molar-refractivity contribution in [2.24, 2.45) is 0 Å². The molecule has 0 aliphatic carbocycles. The molecule has 0 fully saturated rings. The Morgan fingerprint density at radius 2 is 0.551 bits per heavy atom. The van der Waals surface area contributed by atoms with Crippen LogP contribution in [0.4, 0.5) is 0 Å². The number of carbonyl (C=O) groups excluding carboxylic acids is 3. The fourth-order valence-corrected chi connectivity index (χ4v) is 8.97. The minimum Gasteiger partial charge on any atom is -0.462 e. The number of esters is 3. The zero-order valence-corrected chi connectivity index (χ0v) is 50.9. The molecule has 78 heavy (non-hydrogen) atoms.